The molecule has 1 aliphatic carbocycles. The number of hydrogen-bond donors (Lipinski definition) is 2. The standard InChI is InChI=1S/C11H16N4OS2/c12-10(17)11(5-3-1-2-4-6-11)14-9(16)8-7-13-15-18-8/h7H,1-6H2,(H2,12,17)(H,14,16). The third-order valence-electron chi connectivity index (χ3n) is 3.37. The Kier molecular flexibility index (Phi) is 4.23. The lowest BCUT2D eigenvalue weighted by molar-refractivity contribution is 0.0921. The molecule has 1 amide bonds. The number of hydrogen-bond acceptors (Lipinski definition) is 5. The fourth-order valence-corrected chi connectivity index (χ4v) is 2.98. The van der Waals surface area contributed by atoms with Crippen molar-refractivity contribution in [1.82, 2.24) is 14.9 Å². The Bertz CT molecular complexity index is 424. The number of nitrogens with two attached hydrogens (primary N) is 1. The summed E-state index contributed by atoms with van der Waals surface area (Å²) in [6.07, 6.45) is 7.52. The zero-order chi connectivity index (χ0) is 13.0. The van der Waals surface area contributed by atoms with Crippen LogP contribution in [0.15, 0.2) is 6.20 Å². The maximum Gasteiger partial charge on any atom is 0.265 e. The van der Waals surface area contributed by atoms with E-state index in [9.17, 15) is 4.79 Å². The molecule has 98 valence electrons. The van der Waals surface area contributed by atoms with Gasteiger partial charge in [0.25, 0.3) is 5.91 Å². The van der Waals surface area contributed by atoms with Crippen LogP contribution in [0.2, 0.25) is 0 Å². The summed E-state index contributed by atoms with van der Waals surface area (Å²) in [6, 6.07) is 0. The summed E-state index contributed by atoms with van der Waals surface area (Å²) in [4.78, 5) is 13.0. The van der Waals surface area contributed by atoms with Gasteiger partial charge < -0.3 is 11.1 Å². The van der Waals surface area contributed by atoms with E-state index < -0.39 is 5.54 Å². The van der Waals surface area contributed by atoms with Gasteiger partial charge in [-0.25, -0.2) is 0 Å². The molecule has 3 N–H and O–H groups in total. The number of nitrogens with one attached hydrogen (secondary N) is 1. The fraction of sp³-hybridized carbons (Fsp3) is 0.636. The molecule has 5 nitrogen and oxygen atoms in total. The van der Waals surface area contributed by atoms with Crippen LogP contribution < -0.4 is 11.1 Å². The highest BCUT2D eigenvalue weighted by Crippen LogP contribution is 2.28. The lowest BCUT2D eigenvalue weighted by Gasteiger charge is -2.32. The number of amides is 1. The zero-order valence-electron chi connectivity index (χ0n) is 10.0. The van der Waals surface area contributed by atoms with Crippen LogP contribution >= 0.6 is 23.8 Å². The second kappa shape index (κ2) is 5.71. The summed E-state index contributed by atoms with van der Waals surface area (Å²) < 4.78 is 3.69. The van der Waals surface area contributed by atoms with Gasteiger partial charge in [-0.3, -0.25) is 4.79 Å². The van der Waals surface area contributed by atoms with E-state index in [1.165, 1.54) is 19.0 Å². The number of thiocarbonyl (C=S) groups is 1. The number of carbonyl (C=O) groups is 1. The lowest BCUT2D eigenvalue weighted by Crippen LogP contribution is -2.56. The molecule has 2 rings (SSSR count). The Labute approximate surface area is 115 Å². The van der Waals surface area contributed by atoms with Gasteiger partial charge in [-0.05, 0) is 24.4 Å². The van der Waals surface area contributed by atoms with Gasteiger partial charge in [-0.2, -0.15) is 0 Å². The molecule has 0 atom stereocenters. The van der Waals surface area contributed by atoms with Crippen LogP contribution in [0, 0.1) is 0 Å². The normalized spacial score (nSPS) is 18.9. The van der Waals surface area contributed by atoms with Crippen molar-refractivity contribution < 1.29 is 4.79 Å². The molecule has 0 spiro atoms. The van der Waals surface area contributed by atoms with Gasteiger partial charge in [0.15, 0.2) is 0 Å². The Hall–Kier alpha value is -1.08. The van der Waals surface area contributed by atoms with Crippen molar-refractivity contribution in [2.75, 3.05) is 0 Å². The summed E-state index contributed by atoms with van der Waals surface area (Å²) in [5, 5.41) is 6.67. The second-order valence-electron chi connectivity index (χ2n) is 4.60. The van der Waals surface area contributed by atoms with Gasteiger partial charge in [0.05, 0.1) is 16.7 Å². The smallest absolute Gasteiger partial charge is 0.265 e. The number of aromatic nitrogens is 2. The molecule has 1 aromatic heterocycles. The van der Waals surface area contributed by atoms with E-state index in [1.807, 2.05) is 0 Å². The van der Waals surface area contributed by atoms with E-state index in [2.05, 4.69) is 14.9 Å². The van der Waals surface area contributed by atoms with Crippen LogP contribution in [0.25, 0.3) is 0 Å². The first-order valence-electron chi connectivity index (χ1n) is 6.04. The average molecular weight is 284 g/mol. The molecule has 0 radical (unpaired) electrons. The van der Waals surface area contributed by atoms with Crippen molar-refractivity contribution in [3.8, 4) is 0 Å². The van der Waals surface area contributed by atoms with Crippen LogP contribution in [0.3, 0.4) is 0 Å². The number of nitrogens with zero attached hydrogens (tertiary/aromatic N) is 2. The molecule has 1 saturated carbocycles. The van der Waals surface area contributed by atoms with E-state index in [-0.39, 0.29) is 5.91 Å². The van der Waals surface area contributed by atoms with Gasteiger partial charge >= 0.3 is 0 Å². The summed E-state index contributed by atoms with van der Waals surface area (Å²) in [5.74, 6) is -0.181. The number of carbonyl (C=O) groups excluding carboxylic acids is 1. The monoisotopic (exact) mass is 284 g/mol. The van der Waals surface area contributed by atoms with Gasteiger partial charge in [-0.15, -0.1) is 5.10 Å². The maximum atomic E-state index is 12.1. The molecule has 0 unspecified atom stereocenters. The highest BCUT2D eigenvalue weighted by atomic mass is 32.1. The predicted molar refractivity (Wildman–Crippen MR) is 74.6 cm³/mol. The molecule has 7 heteroatoms. The molecule has 0 bridgehead atoms. The third-order valence-corrected chi connectivity index (χ3v) is 4.42. The Morgan fingerprint density at radius 2 is 2.06 bits per heavy atom. The SMILES string of the molecule is NC(=S)C1(NC(=O)c2cnns2)CCCCCC1. The van der Waals surface area contributed by atoms with Gasteiger partial charge in [-0.1, -0.05) is 42.4 Å². The van der Waals surface area contributed by atoms with Crippen LogP contribution in [0.4, 0.5) is 0 Å². The summed E-state index contributed by atoms with van der Waals surface area (Å²) in [6.45, 7) is 0. The molecule has 0 saturated heterocycles. The van der Waals surface area contributed by atoms with Crippen LogP contribution in [0.1, 0.15) is 48.2 Å². The zero-order valence-corrected chi connectivity index (χ0v) is 11.6. The van der Waals surface area contributed by atoms with Crippen LogP contribution in [-0.4, -0.2) is 26.0 Å². The van der Waals surface area contributed by atoms with E-state index in [1.54, 1.807) is 0 Å². The Morgan fingerprint density at radius 3 is 2.56 bits per heavy atom. The van der Waals surface area contributed by atoms with Crippen molar-refractivity contribution in [2.24, 2.45) is 5.73 Å². The highest BCUT2D eigenvalue weighted by Gasteiger charge is 2.36. The van der Waals surface area contributed by atoms with Crippen molar-refractivity contribution in [1.29, 1.82) is 0 Å². The summed E-state index contributed by atoms with van der Waals surface area (Å²) in [5.41, 5.74) is 5.33. The molecular weight excluding hydrogens is 268 g/mol. The number of rotatable bonds is 3. The minimum atomic E-state index is -0.535. The largest absolute Gasteiger partial charge is 0.391 e. The van der Waals surface area contributed by atoms with Crippen molar-refractivity contribution in [2.45, 2.75) is 44.1 Å². The molecule has 1 aromatic rings. The first-order valence-corrected chi connectivity index (χ1v) is 7.22. The summed E-state index contributed by atoms with van der Waals surface area (Å²) >= 11 is 6.25. The summed E-state index contributed by atoms with van der Waals surface area (Å²) in [7, 11) is 0. The van der Waals surface area contributed by atoms with E-state index in [0.717, 1.165) is 37.2 Å². The maximum absolute atomic E-state index is 12.1. The minimum absolute atomic E-state index is 0.181. The first kappa shape index (κ1) is 13.4. The highest BCUT2D eigenvalue weighted by molar-refractivity contribution is 7.80. The minimum Gasteiger partial charge on any atom is -0.391 e. The molecule has 1 fully saturated rings. The van der Waals surface area contributed by atoms with E-state index >= 15 is 0 Å². The van der Waals surface area contributed by atoms with Crippen molar-refractivity contribution in [3.63, 3.8) is 0 Å². The molecule has 1 aliphatic rings. The molecule has 0 aromatic carbocycles. The topological polar surface area (TPSA) is 80.9 Å². The van der Waals surface area contributed by atoms with Crippen molar-refractivity contribution >= 4 is 34.6 Å². The van der Waals surface area contributed by atoms with Gasteiger partial charge in [0.1, 0.15) is 4.88 Å². The van der Waals surface area contributed by atoms with Crippen LogP contribution in [0.5, 0.6) is 0 Å². The van der Waals surface area contributed by atoms with Gasteiger partial charge in [0.2, 0.25) is 0 Å². The average Bonchev–Trinajstić information content (AvgIpc) is 2.77. The Morgan fingerprint density at radius 1 is 1.39 bits per heavy atom. The molecule has 0 aliphatic heterocycles. The molecular formula is C11H16N4OS2. The van der Waals surface area contributed by atoms with E-state index in [4.69, 9.17) is 18.0 Å². The molecule has 1 heterocycles. The quantitative estimate of drug-likeness (QED) is 0.651. The first-order chi connectivity index (χ1) is 8.64. The van der Waals surface area contributed by atoms with Crippen LogP contribution in [-0.2, 0) is 0 Å². The van der Waals surface area contributed by atoms with Crippen molar-refractivity contribution in [3.05, 3.63) is 11.1 Å². The van der Waals surface area contributed by atoms with Gasteiger partial charge in [0, 0.05) is 0 Å². The Balaban J connectivity index is 2.15. The second-order valence-corrected chi connectivity index (χ2v) is 5.82. The predicted octanol–water partition coefficient (Wildman–Crippen LogP) is 1.65. The molecule has 18 heavy (non-hydrogen) atoms. The lowest BCUT2D eigenvalue weighted by atomic mass is 9.90. The third kappa shape index (κ3) is 2.84. The van der Waals surface area contributed by atoms with E-state index in [0.29, 0.717) is 9.87 Å². The fourth-order valence-electron chi connectivity index (χ4n) is 2.31.